The molecule has 0 aliphatic carbocycles. The average Bonchev–Trinajstić information content (AvgIpc) is 3.32. The molecule has 0 aliphatic heterocycles. The Morgan fingerprint density at radius 1 is 1.15 bits per heavy atom. The summed E-state index contributed by atoms with van der Waals surface area (Å²) in [5.74, 6) is 0.0847. The van der Waals surface area contributed by atoms with Crippen molar-refractivity contribution in [2.75, 3.05) is 11.9 Å². The fourth-order valence-corrected chi connectivity index (χ4v) is 3.13. The first kappa shape index (κ1) is 17.9. The molecule has 0 saturated carbocycles. The third-order valence-corrected chi connectivity index (χ3v) is 4.70. The van der Waals surface area contributed by atoms with Gasteiger partial charge < -0.3 is 10.6 Å². The molecule has 3 rings (SSSR count). The summed E-state index contributed by atoms with van der Waals surface area (Å²) in [6, 6.07) is 15.0. The number of thiophene rings is 1. The minimum absolute atomic E-state index is 0.133. The van der Waals surface area contributed by atoms with Crippen LogP contribution in [0.4, 0.5) is 5.82 Å². The number of amides is 2. The molecule has 0 fully saturated rings. The molecule has 26 heavy (non-hydrogen) atoms. The molecule has 0 aliphatic rings. The third-order valence-electron chi connectivity index (χ3n) is 3.77. The van der Waals surface area contributed by atoms with E-state index in [2.05, 4.69) is 15.7 Å². The van der Waals surface area contributed by atoms with Crippen molar-refractivity contribution in [1.82, 2.24) is 15.1 Å². The van der Waals surface area contributed by atoms with Crippen LogP contribution in [-0.4, -0.2) is 28.1 Å². The number of nitrogens with one attached hydrogen (secondary N) is 2. The molecule has 0 radical (unpaired) electrons. The predicted molar refractivity (Wildman–Crippen MR) is 103 cm³/mol. The lowest BCUT2D eigenvalue weighted by molar-refractivity contribution is -0.115. The molecule has 0 saturated heterocycles. The van der Waals surface area contributed by atoms with Gasteiger partial charge in [0.2, 0.25) is 5.91 Å². The predicted octanol–water partition coefficient (Wildman–Crippen LogP) is 3.25. The second-order valence-corrected chi connectivity index (χ2v) is 6.68. The van der Waals surface area contributed by atoms with E-state index >= 15 is 0 Å². The normalized spacial score (nSPS) is 10.5. The van der Waals surface area contributed by atoms with Crippen LogP contribution >= 0.6 is 11.3 Å². The van der Waals surface area contributed by atoms with Gasteiger partial charge in [-0.2, -0.15) is 5.10 Å². The Labute approximate surface area is 155 Å². The second-order valence-electron chi connectivity index (χ2n) is 5.65. The van der Waals surface area contributed by atoms with Crippen molar-refractivity contribution in [3.63, 3.8) is 0 Å². The molecule has 0 spiro atoms. The lowest BCUT2D eigenvalue weighted by Crippen LogP contribution is -2.26. The number of anilines is 1. The number of hydrogen-bond acceptors (Lipinski definition) is 4. The molecule has 0 bridgehead atoms. The van der Waals surface area contributed by atoms with Crippen LogP contribution in [0.2, 0.25) is 0 Å². The average molecular weight is 368 g/mol. The lowest BCUT2D eigenvalue weighted by Gasteiger charge is -2.07. The van der Waals surface area contributed by atoms with E-state index in [4.69, 9.17) is 0 Å². The van der Waals surface area contributed by atoms with E-state index in [0.717, 1.165) is 12.1 Å². The molecule has 3 aromatic rings. The number of rotatable bonds is 7. The fraction of sp³-hybridized carbons (Fsp3) is 0.211. The van der Waals surface area contributed by atoms with Crippen LogP contribution < -0.4 is 10.6 Å². The summed E-state index contributed by atoms with van der Waals surface area (Å²) in [6.07, 6.45) is 1.13. The zero-order valence-corrected chi connectivity index (χ0v) is 15.3. The number of aromatic nitrogens is 2. The van der Waals surface area contributed by atoms with Crippen molar-refractivity contribution in [2.24, 2.45) is 0 Å². The number of hydrogen-bond donors (Lipinski definition) is 2. The van der Waals surface area contributed by atoms with Gasteiger partial charge in [0.25, 0.3) is 5.91 Å². The molecule has 2 aromatic heterocycles. The van der Waals surface area contributed by atoms with Gasteiger partial charge in [-0.05, 0) is 30.0 Å². The molecule has 0 unspecified atom stereocenters. The van der Waals surface area contributed by atoms with Crippen LogP contribution in [0.5, 0.6) is 0 Å². The number of benzene rings is 1. The fourth-order valence-electron chi connectivity index (χ4n) is 2.42. The first-order valence-corrected chi connectivity index (χ1v) is 9.31. The summed E-state index contributed by atoms with van der Waals surface area (Å²) >= 11 is 1.67. The molecule has 134 valence electrons. The molecule has 2 amide bonds. The minimum Gasteiger partial charge on any atom is -0.350 e. The maximum atomic E-state index is 12.4. The zero-order chi connectivity index (χ0) is 18.4. The lowest BCUT2D eigenvalue weighted by atomic mass is 10.3. The topological polar surface area (TPSA) is 76.0 Å². The summed E-state index contributed by atoms with van der Waals surface area (Å²) in [4.78, 5) is 25.4. The highest BCUT2D eigenvalue weighted by Gasteiger charge is 2.16. The van der Waals surface area contributed by atoms with Gasteiger partial charge in [0.15, 0.2) is 5.69 Å². The van der Waals surface area contributed by atoms with Gasteiger partial charge >= 0.3 is 0 Å². The van der Waals surface area contributed by atoms with Crippen LogP contribution in [0.15, 0.2) is 53.9 Å². The summed E-state index contributed by atoms with van der Waals surface area (Å²) in [7, 11) is 0. The van der Waals surface area contributed by atoms with E-state index in [-0.39, 0.29) is 17.5 Å². The Balaban J connectivity index is 1.76. The van der Waals surface area contributed by atoms with Crippen molar-refractivity contribution in [2.45, 2.75) is 19.8 Å². The van der Waals surface area contributed by atoms with Gasteiger partial charge in [-0.3, -0.25) is 9.59 Å². The Morgan fingerprint density at radius 3 is 2.65 bits per heavy atom. The van der Waals surface area contributed by atoms with Crippen LogP contribution in [0.25, 0.3) is 5.69 Å². The molecule has 6 nitrogen and oxygen atoms in total. The summed E-state index contributed by atoms with van der Waals surface area (Å²) in [6.45, 7) is 2.31. The molecule has 7 heteroatoms. The molecule has 1 aromatic carbocycles. The van der Waals surface area contributed by atoms with Crippen molar-refractivity contribution in [1.29, 1.82) is 0 Å². The van der Waals surface area contributed by atoms with Gasteiger partial charge in [0, 0.05) is 23.9 Å². The van der Waals surface area contributed by atoms with Crippen LogP contribution in [-0.2, 0) is 11.2 Å². The standard InChI is InChI=1S/C19H20N4O2S/c1-2-18(24)21-17-13-16(22-23(17)14-7-4-3-5-8-14)19(25)20-11-10-15-9-6-12-26-15/h3-9,12-13H,2,10-11H2,1H3,(H,20,25)(H,21,24). The summed E-state index contributed by atoms with van der Waals surface area (Å²) in [5.41, 5.74) is 1.04. The molecule has 0 atom stereocenters. The van der Waals surface area contributed by atoms with Crippen LogP contribution in [0, 0.1) is 0 Å². The Hall–Kier alpha value is -2.93. The molecule has 2 heterocycles. The van der Waals surface area contributed by atoms with Gasteiger partial charge in [-0.25, -0.2) is 4.68 Å². The Kier molecular flexibility index (Phi) is 5.80. The smallest absolute Gasteiger partial charge is 0.271 e. The monoisotopic (exact) mass is 368 g/mol. The molecular formula is C19H20N4O2S. The molecular weight excluding hydrogens is 348 g/mol. The van der Waals surface area contributed by atoms with Crippen molar-refractivity contribution in [3.8, 4) is 5.69 Å². The van der Waals surface area contributed by atoms with E-state index in [1.54, 1.807) is 29.0 Å². The summed E-state index contributed by atoms with van der Waals surface area (Å²) < 4.78 is 1.57. The van der Waals surface area contributed by atoms with Gasteiger partial charge in [0.05, 0.1) is 5.69 Å². The number of nitrogens with zero attached hydrogens (tertiary/aromatic N) is 2. The van der Waals surface area contributed by atoms with E-state index in [0.29, 0.717) is 18.8 Å². The Bertz CT molecular complexity index is 872. The number of carbonyl (C=O) groups excluding carboxylic acids is 2. The number of para-hydroxylation sites is 1. The minimum atomic E-state index is -0.261. The quantitative estimate of drug-likeness (QED) is 0.672. The van der Waals surface area contributed by atoms with Gasteiger partial charge in [-0.1, -0.05) is 31.2 Å². The van der Waals surface area contributed by atoms with Gasteiger partial charge in [-0.15, -0.1) is 11.3 Å². The highest BCUT2D eigenvalue weighted by Crippen LogP contribution is 2.17. The van der Waals surface area contributed by atoms with Crippen molar-refractivity contribution < 1.29 is 9.59 Å². The number of carbonyl (C=O) groups is 2. The van der Waals surface area contributed by atoms with Crippen LogP contribution in [0.3, 0.4) is 0 Å². The van der Waals surface area contributed by atoms with E-state index in [1.165, 1.54) is 4.88 Å². The van der Waals surface area contributed by atoms with Gasteiger partial charge in [0.1, 0.15) is 5.82 Å². The summed E-state index contributed by atoms with van der Waals surface area (Å²) in [5, 5.41) is 12.1. The Morgan fingerprint density at radius 2 is 1.96 bits per heavy atom. The van der Waals surface area contributed by atoms with Crippen molar-refractivity contribution in [3.05, 3.63) is 64.5 Å². The maximum absolute atomic E-state index is 12.4. The van der Waals surface area contributed by atoms with E-state index in [1.807, 2.05) is 47.8 Å². The second kappa shape index (κ2) is 8.44. The highest BCUT2D eigenvalue weighted by atomic mass is 32.1. The first-order valence-electron chi connectivity index (χ1n) is 8.43. The largest absolute Gasteiger partial charge is 0.350 e. The van der Waals surface area contributed by atoms with Crippen LogP contribution in [0.1, 0.15) is 28.7 Å². The third kappa shape index (κ3) is 4.37. The van der Waals surface area contributed by atoms with Crippen molar-refractivity contribution >= 4 is 29.0 Å². The van der Waals surface area contributed by atoms with E-state index < -0.39 is 0 Å². The van der Waals surface area contributed by atoms with E-state index in [9.17, 15) is 9.59 Å². The molecule has 2 N–H and O–H groups in total. The first-order chi connectivity index (χ1) is 12.7. The maximum Gasteiger partial charge on any atom is 0.271 e. The SMILES string of the molecule is CCC(=O)Nc1cc(C(=O)NCCc2cccs2)nn1-c1ccccc1. The highest BCUT2D eigenvalue weighted by molar-refractivity contribution is 7.09. The zero-order valence-electron chi connectivity index (χ0n) is 14.4.